The first-order chi connectivity index (χ1) is 9.13. The largest absolute Gasteiger partial charge is 0.335 e. The minimum Gasteiger partial charge on any atom is -0.335 e. The lowest BCUT2D eigenvalue weighted by atomic mass is 10.0. The summed E-state index contributed by atoms with van der Waals surface area (Å²) < 4.78 is 2.17. The van der Waals surface area contributed by atoms with Gasteiger partial charge >= 0.3 is 0 Å². The minimum absolute atomic E-state index is 0.304. The minimum atomic E-state index is 0.304. The molecular formula is C14H19ClN4. The molecule has 2 rings (SSSR count). The Bertz CT molecular complexity index is 548. The molecule has 4 nitrogen and oxygen atoms in total. The fourth-order valence-corrected chi connectivity index (χ4v) is 2.59. The molecule has 5 heteroatoms. The molecule has 2 aromatic heterocycles. The Balaban J connectivity index is 2.33. The van der Waals surface area contributed by atoms with Gasteiger partial charge < -0.3 is 4.57 Å². The van der Waals surface area contributed by atoms with Gasteiger partial charge in [-0.15, -0.1) is 0 Å². The van der Waals surface area contributed by atoms with Crippen molar-refractivity contribution in [3.05, 3.63) is 41.0 Å². The third-order valence-corrected chi connectivity index (χ3v) is 3.39. The van der Waals surface area contributed by atoms with Gasteiger partial charge in [0.05, 0.1) is 5.69 Å². The third kappa shape index (κ3) is 3.13. The number of imidazole rings is 1. The number of rotatable bonds is 5. The van der Waals surface area contributed by atoms with Crippen LogP contribution in [0.5, 0.6) is 0 Å². The Morgan fingerprint density at radius 2 is 2.05 bits per heavy atom. The highest BCUT2D eigenvalue weighted by molar-refractivity contribution is 6.30. The van der Waals surface area contributed by atoms with Gasteiger partial charge in [0, 0.05) is 30.9 Å². The lowest BCUT2D eigenvalue weighted by Crippen LogP contribution is -2.08. The van der Waals surface area contributed by atoms with Crippen molar-refractivity contribution in [3.63, 3.8) is 0 Å². The average Bonchev–Trinajstić information content (AvgIpc) is 2.77. The predicted octanol–water partition coefficient (Wildman–Crippen LogP) is 3.45. The maximum atomic E-state index is 6.19. The van der Waals surface area contributed by atoms with Crippen molar-refractivity contribution in [2.24, 2.45) is 0 Å². The number of aryl methyl sites for hydroxylation is 1. The van der Waals surface area contributed by atoms with E-state index in [1.807, 2.05) is 12.4 Å². The Kier molecular flexibility index (Phi) is 4.53. The van der Waals surface area contributed by atoms with Crippen LogP contribution in [0.15, 0.2) is 18.7 Å². The molecule has 0 amide bonds. The van der Waals surface area contributed by atoms with Crippen LogP contribution in [0.3, 0.4) is 0 Å². The smallest absolute Gasteiger partial charge is 0.136 e. The molecule has 0 aliphatic carbocycles. The van der Waals surface area contributed by atoms with Crippen molar-refractivity contribution in [1.82, 2.24) is 19.5 Å². The van der Waals surface area contributed by atoms with E-state index in [1.165, 1.54) is 6.33 Å². The van der Waals surface area contributed by atoms with Gasteiger partial charge in [-0.05, 0) is 12.3 Å². The topological polar surface area (TPSA) is 43.6 Å². The number of hydrogen-bond donors (Lipinski definition) is 0. The quantitative estimate of drug-likeness (QED) is 0.787. The predicted molar refractivity (Wildman–Crippen MR) is 76.5 cm³/mol. The molecule has 0 saturated heterocycles. The van der Waals surface area contributed by atoms with E-state index in [9.17, 15) is 0 Å². The van der Waals surface area contributed by atoms with Crippen molar-refractivity contribution < 1.29 is 0 Å². The van der Waals surface area contributed by atoms with Crippen molar-refractivity contribution in [2.75, 3.05) is 0 Å². The second kappa shape index (κ2) is 6.15. The monoisotopic (exact) mass is 278 g/mol. The highest BCUT2D eigenvalue weighted by Gasteiger charge is 2.15. The Hall–Kier alpha value is -1.42. The lowest BCUT2D eigenvalue weighted by Gasteiger charge is -2.13. The van der Waals surface area contributed by atoms with Crippen molar-refractivity contribution in [3.8, 4) is 0 Å². The first kappa shape index (κ1) is 14.0. The van der Waals surface area contributed by atoms with Crippen LogP contribution in [0.1, 0.15) is 50.2 Å². The SMILES string of the molecule is CCCn1ccnc1Cc1ncnc(Cl)c1C(C)C. The summed E-state index contributed by atoms with van der Waals surface area (Å²) in [5.74, 6) is 1.33. The molecule has 0 N–H and O–H groups in total. The summed E-state index contributed by atoms with van der Waals surface area (Å²) in [5, 5.41) is 0.550. The third-order valence-electron chi connectivity index (χ3n) is 3.09. The Labute approximate surface area is 118 Å². The second-order valence-electron chi connectivity index (χ2n) is 4.89. The number of aromatic nitrogens is 4. The molecule has 0 bridgehead atoms. The summed E-state index contributed by atoms with van der Waals surface area (Å²) in [4.78, 5) is 12.9. The molecular weight excluding hydrogens is 260 g/mol. The van der Waals surface area contributed by atoms with E-state index in [0.717, 1.165) is 30.0 Å². The molecule has 0 unspecified atom stereocenters. The van der Waals surface area contributed by atoms with Crippen LogP contribution in [0.2, 0.25) is 5.15 Å². The van der Waals surface area contributed by atoms with Crippen LogP contribution in [0.4, 0.5) is 0 Å². The number of hydrogen-bond acceptors (Lipinski definition) is 3. The van der Waals surface area contributed by atoms with Gasteiger partial charge in [-0.3, -0.25) is 0 Å². The zero-order valence-electron chi connectivity index (χ0n) is 11.6. The van der Waals surface area contributed by atoms with Crippen LogP contribution in [0, 0.1) is 0 Å². The van der Waals surface area contributed by atoms with E-state index in [0.29, 0.717) is 17.5 Å². The van der Waals surface area contributed by atoms with Gasteiger partial charge in [-0.1, -0.05) is 32.4 Å². The highest BCUT2D eigenvalue weighted by Crippen LogP contribution is 2.25. The molecule has 102 valence electrons. The molecule has 0 atom stereocenters. The van der Waals surface area contributed by atoms with E-state index in [4.69, 9.17) is 11.6 Å². The summed E-state index contributed by atoms with van der Waals surface area (Å²) in [7, 11) is 0. The van der Waals surface area contributed by atoms with Crippen LogP contribution < -0.4 is 0 Å². The van der Waals surface area contributed by atoms with Crippen molar-refractivity contribution in [1.29, 1.82) is 0 Å². The molecule has 0 saturated carbocycles. The average molecular weight is 279 g/mol. The van der Waals surface area contributed by atoms with Gasteiger partial charge in [0.15, 0.2) is 0 Å². The zero-order chi connectivity index (χ0) is 13.8. The highest BCUT2D eigenvalue weighted by atomic mass is 35.5. The molecule has 2 heterocycles. The first-order valence-electron chi connectivity index (χ1n) is 6.62. The van der Waals surface area contributed by atoms with E-state index in [2.05, 4.69) is 40.3 Å². The fourth-order valence-electron chi connectivity index (χ4n) is 2.22. The molecule has 0 radical (unpaired) electrons. The van der Waals surface area contributed by atoms with E-state index < -0.39 is 0 Å². The lowest BCUT2D eigenvalue weighted by molar-refractivity contribution is 0.642. The summed E-state index contributed by atoms with van der Waals surface area (Å²) in [6, 6.07) is 0. The number of nitrogens with zero attached hydrogens (tertiary/aromatic N) is 4. The maximum absolute atomic E-state index is 6.19. The molecule has 2 aromatic rings. The van der Waals surface area contributed by atoms with Crippen LogP contribution in [0.25, 0.3) is 0 Å². The van der Waals surface area contributed by atoms with Gasteiger partial charge in [0.25, 0.3) is 0 Å². The van der Waals surface area contributed by atoms with E-state index >= 15 is 0 Å². The Morgan fingerprint density at radius 1 is 1.26 bits per heavy atom. The van der Waals surface area contributed by atoms with Crippen LogP contribution in [-0.2, 0) is 13.0 Å². The zero-order valence-corrected chi connectivity index (χ0v) is 12.4. The maximum Gasteiger partial charge on any atom is 0.136 e. The number of halogens is 1. The molecule has 19 heavy (non-hydrogen) atoms. The summed E-state index contributed by atoms with van der Waals surface area (Å²) >= 11 is 6.19. The standard InChI is InChI=1S/C14H19ClN4/c1-4-6-19-7-5-16-12(19)8-11-13(10(2)3)14(15)18-9-17-11/h5,7,9-10H,4,6,8H2,1-3H3. The summed E-state index contributed by atoms with van der Waals surface area (Å²) in [5.41, 5.74) is 1.99. The second-order valence-corrected chi connectivity index (χ2v) is 5.25. The Morgan fingerprint density at radius 3 is 2.74 bits per heavy atom. The molecule has 0 aliphatic rings. The van der Waals surface area contributed by atoms with Gasteiger partial charge in [-0.25, -0.2) is 15.0 Å². The van der Waals surface area contributed by atoms with E-state index in [1.54, 1.807) is 0 Å². The van der Waals surface area contributed by atoms with Crippen molar-refractivity contribution >= 4 is 11.6 Å². The fraction of sp³-hybridized carbons (Fsp3) is 0.500. The summed E-state index contributed by atoms with van der Waals surface area (Å²) in [6.45, 7) is 7.34. The van der Waals surface area contributed by atoms with Gasteiger partial charge in [0.1, 0.15) is 17.3 Å². The van der Waals surface area contributed by atoms with Crippen LogP contribution in [-0.4, -0.2) is 19.5 Å². The first-order valence-corrected chi connectivity index (χ1v) is 7.00. The summed E-state index contributed by atoms with van der Waals surface area (Å²) in [6.07, 6.45) is 7.16. The van der Waals surface area contributed by atoms with Crippen molar-refractivity contribution in [2.45, 2.75) is 46.1 Å². The van der Waals surface area contributed by atoms with Crippen LogP contribution >= 0.6 is 11.6 Å². The van der Waals surface area contributed by atoms with E-state index in [-0.39, 0.29) is 0 Å². The molecule has 0 aliphatic heterocycles. The normalized spacial score (nSPS) is 11.2. The molecule has 0 aromatic carbocycles. The van der Waals surface area contributed by atoms with Gasteiger partial charge in [-0.2, -0.15) is 0 Å². The van der Waals surface area contributed by atoms with Gasteiger partial charge in [0.2, 0.25) is 0 Å². The molecule has 0 spiro atoms. The molecule has 0 fully saturated rings.